The van der Waals surface area contributed by atoms with E-state index in [9.17, 15) is 35.9 Å². The monoisotopic (exact) mass is 352 g/mol. The van der Waals surface area contributed by atoms with Crippen molar-refractivity contribution in [2.75, 3.05) is 10.6 Å². The number of hydrogen-bond donors (Lipinski definition) is 2. The van der Waals surface area contributed by atoms with Crippen molar-refractivity contribution in [1.29, 1.82) is 0 Å². The first-order valence-electron chi connectivity index (χ1n) is 6.19. The standard InChI is InChI=1S/C14H10F6N2O2/c15-13(16,17)11(23)5-7-21-9-3-1-2-4-10(9)22-8-6-12(24)14(18,19)20/h1-8,21-22H/b7-5-,8-6-. The number of allylic oxidation sites excluding steroid dienone is 2. The van der Waals surface area contributed by atoms with E-state index < -0.39 is 23.9 Å². The van der Waals surface area contributed by atoms with Gasteiger partial charge in [-0.05, 0) is 12.1 Å². The number of anilines is 2. The highest BCUT2D eigenvalue weighted by Crippen LogP contribution is 2.22. The normalized spacial score (nSPS) is 12.6. The zero-order valence-electron chi connectivity index (χ0n) is 11.7. The zero-order valence-corrected chi connectivity index (χ0v) is 11.7. The number of para-hydroxylation sites is 2. The number of benzene rings is 1. The highest BCUT2D eigenvalue weighted by Gasteiger charge is 2.36. The van der Waals surface area contributed by atoms with Gasteiger partial charge in [0.25, 0.3) is 11.6 Å². The molecule has 0 aliphatic heterocycles. The Balaban J connectivity index is 2.76. The maximum Gasteiger partial charge on any atom is 0.454 e. The summed E-state index contributed by atoms with van der Waals surface area (Å²) in [5.74, 6) is -4.15. The molecule has 24 heavy (non-hydrogen) atoms. The van der Waals surface area contributed by atoms with Gasteiger partial charge in [-0.1, -0.05) is 12.1 Å². The van der Waals surface area contributed by atoms with Crippen LogP contribution < -0.4 is 10.6 Å². The van der Waals surface area contributed by atoms with E-state index in [0.29, 0.717) is 0 Å². The van der Waals surface area contributed by atoms with E-state index in [1.807, 2.05) is 0 Å². The molecule has 0 aromatic heterocycles. The van der Waals surface area contributed by atoms with Crippen LogP contribution in [-0.4, -0.2) is 23.9 Å². The zero-order chi connectivity index (χ0) is 18.4. The fourth-order valence-electron chi connectivity index (χ4n) is 1.34. The number of alkyl halides is 6. The van der Waals surface area contributed by atoms with Crippen molar-refractivity contribution in [3.8, 4) is 0 Å². The molecule has 0 fully saturated rings. The van der Waals surface area contributed by atoms with E-state index in [1.54, 1.807) is 0 Å². The van der Waals surface area contributed by atoms with E-state index in [2.05, 4.69) is 10.6 Å². The first-order chi connectivity index (χ1) is 11.0. The summed E-state index contributed by atoms with van der Waals surface area (Å²) in [6.07, 6.45) is -8.01. The van der Waals surface area contributed by atoms with Gasteiger partial charge in [0, 0.05) is 24.6 Å². The van der Waals surface area contributed by atoms with Gasteiger partial charge in [-0.2, -0.15) is 26.3 Å². The summed E-state index contributed by atoms with van der Waals surface area (Å²) in [4.78, 5) is 21.3. The quantitative estimate of drug-likeness (QED) is 0.604. The summed E-state index contributed by atoms with van der Waals surface area (Å²) >= 11 is 0. The van der Waals surface area contributed by atoms with E-state index >= 15 is 0 Å². The Labute approximate surface area is 131 Å². The minimum absolute atomic E-state index is 0.174. The first-order valence-corrected chi connectivity index (χ1v) is 6.19. The molecule has 10 heteroatoms. The average molecular weight is 352 g/mol. The molecule has 0 unspecified atom stereocenters. The van der Waals surface area contributed by atoms with Crippen LogP contribution in [0.15, 0.2) is 48.8 Å². The molecule has 0 saturated carbocycles. The van der Waals surface area contributed by atoms with Gasteiger partial charge in [0.05, 0.1) is 11.4 Å². The summed E-state index contributed by atoms with van der Waals surface area (Å²) < 4.78 is 72.1. The molecule has 1 aromatic carbocycles. The van der Waals surface area contributed by atoms with Crippen LogP contribution in [0.3, 0.4) is 0 Å². The predicted molar refractivity (Wildman–Crippen MR) is 74.1 cm³/mol. The Morgan fingerprint density at radius 2 is 1.08 bits per heavy atom. The van der Waals surface area contributed by atoms with Crippen LogP contribution in [0.2, 0.25) is 0 Å². The lowest BCUT2D eigenvalue weighted by atomic mass is 10.2. The Bertz CT molecular complexity index is 605. The molecule has 0 aliphatic rings. The summed E-state index contributed by atoms with van der Waals surface area (Å²) in [6, 6.07) is 5.78. The summed E-state index contributed by atoms with van der Waals surface area (Å²) in [5.41, 5.74) is 0.348. The van der Waals surface area contributed by atoms with Crippen LogP contribution in [0.4, 0.5) is 37.7 Å². The molecule has 0 atom stereocenters. The van der Waals surface area contributed by atoms with E-state index in [-0.39, 0.29) is 23.5 Å². The lowest BCUT2D eigenvalue weighted by Crippen LogP contribution is -2.20. The molecule has 4 nitrogen and oxygen atoms in total. The maximum absolute atomic E-state index is 12.0. The molecule has 0 bridgehead atoms. The van der Waals surface area contributed by atoms with Crippen molar-refractivity contribution >= 4 is 22.9 Å². The largest absolute Gasteiger partial charge is 0.454 e. The highest BCUT2D eigenvalue weighted by molar-refractivity contribution is 5.95. The number of rotatable bonds is 6. The third kappa shape index (κ3) is 6.15. The topological polar surface area (TPSA) is 58.2 Å². The Morgan fingerprint density at radius 1 is 0.750 bits per heavy atom. The summed E-state index contributed by atoms with van der Waals surface area (Å²) in [5, 5.41) is 4.76. The third-order valence-electron chi connectivity index (χ3n) is 2.43. The van der Waals surface area contributed by atoms with Crippen LogP contribution in [0, 0.1) is 0 Å². The molecule has 0 spiro atoms. The summed E-state index contributed by atoms with van der Waals surface area (Å²) in [7, 11) is 0. The molecule has 130 valence electrons. The Hall–Kier alpha value is -2.78. The highest BCUT2D eigenvalue weighted by atomic mass is 19.4. The molecule has 2 N–H and O–H groups in total. The first kappa shape index (κ1) is 19.3. The van der Waals surface area contributed by atoms with Gasteiger partial charge in [0.1, 0.15) is 0 Å². The van der Waals surface area contributed by atoms with Gasteiger partial charge < -0.3 is 10.6 Å². The van der Waals surface area contributed by atoms with Crippen molar-refractivity contribution in [1.82, 2.24) is 0 Å². The number of carbonyl (C=O) groups is 2. The number of ketones is 2. The number of carbonyl (C=O) groups excluding carboxylic acids is 2. The van der Waals surface area contributed by atoms with Crippen LogP contribution in [0.1, 0.15) is 0 Å². The molecule has 0 radical (unpaired) electrons. The van der Waals surface area contributed by atoms with E-state index in [0.717, 1.165) is 12.4 Å². The van der Waals surface area contributed by atoms with E-state index in [1.165, 1.54) is 24.3 Å². The third-order valence-corrected chi connectivity index (χ3v) is 2.43. The fraction of sp³-hybridized carbons (Fsp3) is 0.143. The average Bonchev–Trinajstić information content (AvgIpc) is 2.46. The van der Waals surface area contributed by atoms with Crippen LogP contribution >= 0.6 is 0 Å². The predicted octanol–water partition coefficient (Wildman–Crippen LogP) is 3.80. The van der Waals surface area contributed by atoms with Crippen molar-refractivity contribution in [3.05, 3.63) is 48.8 Å². The lowest BCUT2D eigenvalue weighted by Gasteiger charge is -2.09. The molecule has 1 rings (SSSR count). The van der Waals surface area contributed by atoms with Gasteiger partial charge in [0.2, 0.25) is 0 Å². The molecule has 0 saturated heterocycles. The van der Waals surface area contributed by atoms with Crippen molar-refractivity contribution in [2.24, 2.45) is 0 Å². The Morgan fingerprint density at radius 3 is 1.38 bits per heavy atom. The molecule has 0 heterocycles. The van der Waals surface area contributed by atoms with Crippen molar-refractivity contribution in [3.63, 3.8) is 0 Å². The maximum atomic E-state index is 12.0. The number of nitrogens with one attached hydrogen (secondary N) is 2. The van der Waals surface area contributed by atoms with Gasteiger partial charge in [-0.3, -0.25) is 9.59 Å². The minimum atomic E-state index is -5.00. The molecule has 1 aromatic rings. The van der Waals surface area contributed by atoms with Crippen molar-refractivity contribution in [2.45, 2.75) is 12.4 Å². The van der Waals surface area contributed by atoms with Gasteiger partial charge in [0.15, 0.2) is 0 Å². The Kier molecular flexibility index (Phi) is 6.15. The van der Waals surface area contributed by atoms with Crippen molar-refractivity contribution < 1.29 is 35.9 Å². The molecular weight excluding hydrogens is 342 g/mol. The van der Waals surface area contributed by atoms with Crippen LogP contribution in [0.25, 0.3) is 0 Å². The minimum Gasteiger partial charge on any atom is -0.360 e. The van der Waals surface area contributed by atoms with Gasteiger partial charge in [-0.25, -0.2) is 0 Å². The molecular formula is C14H10F6N2O2. The van der Waals surface area contributed by atoms with Gasteiger partial charge >= 0.3 is 12.4 Å². The van der Waals surface area contributed by atoms with Gasteiger partial charge in [-0.15, -0.1) is 0 Å². The number of hydrogen-bond acceptors (Lipinski definition) is 4. The second-order valence-corrected chi connectivity index (χ2v) is 4.22. The molecule has 0 amide bonds. The fourth-order valence-corrected chi connectivity index (χ4v) is 1.34. The van der Waals surface area contributed by atoms with Crippen LogP contribution in [0.5, 0.6) is 0 Å². The lowest BCUT2D eigenvalue weighted by molar-refractivity contribution is -0.165. The second kappa shape index (κ2) is 7.66. The molecule has 0 aliphatic carbocycles. The van der Waals surface area contributed by atoms with E-state index in [4.69, 9.17) is 0 Å². The summed E-state index contributed by atoms with van der Waals surface area (Å²) in [6.45, 7) is 0. The van der Waals surface area contributed by atoms with Crippen LogP contribution in [-0.2, 0) is 9.59 Å². The second-order valence-electron chi connectivity index (χ2n) is 4.22. The number of halogens is 6. The SMILES string of the molecule is O=C(/C=C\Nc1ccccc1N/C=C\C(=O)C(F)(F)F)C(F)(F)F. The smallest absolute Gasteiger partial charge is 0.360 e.